The van der Waals surface area contributed by atoms with Gasteiger partial charge in [0, 0.05) is 11.3 Å². The van der Waals surface area contributed by atoms with Gasteiger partial charge in [0.05, 0.1) is 5.69 Å². The summed E-state index contributed by atoms with van der Waals surface area (Å²) in [6.45, 7) is 0. The predicted octanol–water partition coefficient (Wildman–Crippen LogP) is 3.90. The molecule has 0 unspecified atom stereocenters. The minimum Gasteiger partial charge on any atom is -0.506 e. The maximum Gasteiger partial charge on any atom is 0.255 e. The SMILES string of the molecule is NS(=O)(=O)c1cc(-c2ccc(C(=O)Nc3ccc(O)c(N(c4ccc(F)cc4)[SH](=O)=O)c3)cc2)ccc1F. The van der Waals surface area contributed by atoms with E-state index >= 15 is 0 Å². The van der Waals surface area contributed by atoms with Crippen LogP contribution in [0.4, 0.5) is 25.8 Å². The van der Waals surface area contributed by atoms with E-state index in [1.165, 1.54) is 60.7 Å². The first-order valence-corrected chi connectivity index (χ1v) is 13.4. The third kappa shape index (κ3) is 5.80. The van der Waals surface area contributed by atoms with Gasteiger partial charge in [-0.3, -0.25) is 4.79 Å². The lowest BCUT2D eigenvalue weighted by Gasteiger charge is -2.20. The van der Waals surface area contributed by atoms with Crippen molar-refractivity contribution in [2.75, 3.05) is 9.62 Å². The highest BCUT2D eigenvalue weighted by Gasteiger charge is 2.18. The molecule has 0 atom stereocenters. The molecule has 38 heavy (non-hydrogen) atoms. The number of primary sulfonamides is 1. The van der Waals surface area contributed by atoms with E-state index in [1.54, 1.807) is 0 Å². The normalized spacial score (nSPS) is 11.4. The third-order valence-corrected chi connectivity index (χ3v) is 7.11. The van der Waals surface area contributed by atoms with Crippen molar-refractivity contribution in [3.8, 4) is 16.9 Å². The first-order valence-electron chi connectivity index (χ1n) is 10.7. The summed E-state index contributed by atoms with van der Waals surface area (Å²) in [5.74, 6) is -2.53. The molecule has 13 heteroatoms. The zero-order valence-corrected chi connectivity index (χ0v) is 20.9. The highest BCUT2D eigenvalue weighted by atomic mass is 32.2. The van der Waals surface area contributed by atoms with Crippen LogP contribution in [0.15, 0.2) is 89.8 Å². The molecule has 0 fully saturated rings. The number of phenols is 1. The van der Waals surface area contributed by atoms with Gasteiger partial charge in [0.25, 0.3) is 5.91 Å². The molecule has 0 aromatic heterocycles. The van der Waals surface area contributed by atoms with Crippen LogP contribution >= 0.6 is 0 Å². The number of amides is 1. The minimum atomic E-state index is -4.27. The molecule has 0 radical (unpaired) electrons. The molecular formula is C25H19F2N3O6S2. The molecule has 0 aliphatic rings. The molecule has 0 aliphatic heterocycles. The lowest BCUT2D eigenvalue weighted by Crippen LogP contribution is -2.16. The standard InChI is InChI=1S/C25H19F2N3O6S2/c26-18-6-9-20(10-7-18)30(37(33)34)22-14-19(8-12-23(22)31)29-25(32)16-3-1-15(2-4-16)17-5-11-21(27)24(13-17)38(28,35)36/h1-14,31,37H,(H,29,32)(H2,28,35,36). The summed E-state index contributed by atoms with van der Waals surface area (Å²) in [5, 5.41) is 17.9. The van der Waals surface area contributed by atoms with E-state index in [0.717, 1.165) is 28.6 Å². The maximum absolute atomic E-state index is 13.8. The van der Waals surface area contributed by atoms with Crippen molar-refractivity contribution in [3.05, 3.63) is 102 Å². The highest BCUT2D eigenvalue weighted by molar-refractivity contribution is 7.89. The Balaban J connectivity index is 1.58. The summed E-state index contributed by atoms with van der Waals surface area (Å²) in [6, 6.07) is 17.7. The monoisotopic (exact) mass is 559 g/mol. The molecule has 4 rings (SSSR count). The van der Waals surface area contributed by atoms with Crippen molar-refractivity contribution in [2.24, 2.45) is 5.14 Å². The zero-order chi connectivity index (χ0) is 27.6. The molecule has 4 N–H and O–H groups in total. The van der Waals surface area contributed by atoms with E-state index in [0.29, 0.717) is 11.1 Å². The zero-order valence-electron chi connectivity index (χ0n) is 19.2. The molecule has 9 nitrogen and oxygen atoms in total. The van der Waals surface area contributed by atoms with Crippen LogP contribution in [0.25, 0.3) is 11.1 Å². The third-order valence-electron chi connectivity index (χ3n) is 5.41. The van der Waals surface area contributed by atoms with Crippen molar-refractivity contribution in [3.63, 3.8) is 0 Å². The smallest absolute Gasteiger partial charge is 0.255 e. The fourth-order valence-corrected chi connectivity index (χ4v) is 4.88. The van der Waals surface area contributed by atoms with Gasteiger partial charge in [-0.2, -0.15) is 0 Å². The van der Waals surface area contributed by atoms with Crippen molar-refractivity contribution in [1.29, 1.82) is 0 Å². The Morgan fingerprint density at radius 3 is 2.11 bits per heavy atom. The molecular weight excluding hydrogens is 540 g/mol. The fourth-order valence-electron chi connectivity index (χ4n) is 3.59. The molecule has 1 amide bonds. The van der Waals surface area contributed by atoms with Crippen molar-refractivity contribution < 1.29 is 35.5 Å². The average molecular weight is 560 g/mol. The Morgan fingerprint density at radius 2 is 1.50 bits per heavy atom. The minimum absolute atomic E-state index is 0.0725. The summed E-state index contributed by atoms with van der Waals surface area (Å²) in [4.78, 5) is 12.1. The van der Waals surface area contributed by atoms with Crippen LogP contribution in [0.1, 0.15) is 10.4 Å². The molecule has 4 aromatic carbocycles. The molecule has 4 aromatic rings. The number of thiol groups is 1. The van der Waals surface area contributed by atoms with Crippen LogP contribution in [0, 0.1) is 11.6 Å². The fraction of sp³-hybridized carbons (Fsp3) is 0. The first-order chi connectivity index (χ1) is 17.9. The van der Waals surface area contributed by atoms with E-state index in [2.05, 4.69) is 5.32 Å². The predicted molar refractivity (Wildman–Crippen MR) is 138 cm³/mol. The largest absolute Gasteiger partial charge is 0.506 e. The van der Waals surface area contributed by atoms with E-state index in [9.17, 15) is 35.5 Å². The Labute approximate surface area is 217 Å². The molecule has 0 heterocycles. The highest BCUT2D eigenvalue weighted by Crippen LogP contribution is 2.36. The summed E-state index contributed by atoms with van der Waals surface area (Å²) in [7, 11) is -7.56. The van der Waals surface area contributed by atoms with Crippen molar-refractivity contribution in [2.45, 2.75) is 4.90 Å². The van der Waals surface area contributed by atoms with Gasteiger partial charge in [-0.15, -0.1) is 0 Å². The summed E-state index contributed by atoms with van der Waals surface area (Å²) in [5.41, 5.74) is 1.12. The van der Waals surface area contributed by atoms with E-state index in [-0.39, 0.29) is 22.6 Å². The number of anilines is 3. The summed E-state index contributed by atoms with van der Waals surface area (Å²) >= 11 is 0. The topological polar surface area (TPSA) is 147 Å². The number of nitrogens with one attached hydrogen (secondary N) is 1. The molecule has 0 bridgehead atoms. The quantitative estimate of drug-likeness (QED) is 0.200. The lowest BCUT2D eigenvalue weighted by atomic mass is 10.0. The molecule has 0 spiro atoms. The van der Waals surface area contributed by atoms with Gasteiger partial charge in [-0.1, -0.05) is 18.2 Å². The van der Waals surface area contributed by atoms with Crippen LogP contribution in [0.5, 0.6) is 5.75 Å². The van der Waals surface area contributed by atoms with Gasteiger partial charge in [0.15, 0.2) is 0 Å². The van der Waals surface area contributed by atoms with Crippen molar-refractivity contribution >= 4 is 43.9 Å². The second-order valence-electron chi connectivity index (χ2n) is 7.95. The second-order valence-corrected chi connectivity index (χ2v) is 10.4. The van der Waals surface area contributed by atoms with Gasteiger partial charge in [-0.05, 0) is 77.9 Å². The lowest BCUT2D eigenvalue weighted by molar-refractivity contribution is 0.102. The number of benzene rings is 4. The number of hydrogen-bond acceptors (Lipinski definition) is 6. The maximum atomic E-state index is 13.8. The average Bonchev–Trinajstić information content (AvgIpc) is 2.86. The molecule has 196 valence electrons. The van der Waals surface area contributed by atoms with E-state index < -0.39 is 49.1 Å². The Bertz CT molecular complexity index is 1700. The van der Waals surface area contributed by atoms with Crippen LogP contribution in [0.2, 0.25) is 0 Å². The van der Waals surface area contributed by atoms with Gasteiger partial charge in [0.2, 0.25) is 20.9 Å². The van der Waals surface area contributed by atoms with E-state index in [4.69, 9.17) is 5.14 Å². The molecule has 0 aliphatic carbocycles. The Hall–Kier alpha value is -4.33. The van der Waals surface area contributed by atoms with Crippen LogP contribution in [0.3, 0.4) is 0 Å². The van der Waals surface area contributed by atoms with Crippen LogP contribution < -0.4 is 14.8 Å². The first kappa shape index (κ1) is 26.7. The van der Waals surface area contributed by atoms with Gasteiger partial charge >= 0.3 is 0 Å². The van der Waals surface area contributed by atoms with Gasteiger partial charge in [0.1, 0.15) is 28.0 Å². The van der Waals surface area contributed by atoms with Crippen molar-refractivity contribution in [1.82, 2.24) is 0 Å². The Kier molecular flexibility index (Phi) is 7.44. The second kappa shape index (κ2) is 10.6. The van der Waals surface area contributed by atoms with E-state index in [1.807, 2.05) is 0 Å². The number of hydrogen-bond donors (Lipinski definition) is 4. The number of carbonyl (C=O) groups is 1. The number of nitrogens with two attached hydrogens (primary N) is 1. The van der Waals surface area contributed by atoms with Crippen LogP contribution in [-0.2, 0) is 20.9 Å². The number of rotatable bonds is 7. The number of sulfonamides is 1. The number of halogens is 2. The van der Waals surface area contributed by atoms with Gasteiger partial charge in [-0.25, -0.2) is 35.1 Å². The Morgan fingerprint density at radius 1 is 0.868 bits per heavy atom. The van der Waals surface area contributed by atoms with Crippen LogP contribution in [-0.4, -0.2) is 27.8 Å². The molecule has 0 saturated heterocycles. The summed E-state index contributed by atoms with van der Waals surface area (Å²) < 4.78 is 75.0. The number of nitrogens with zero attached hydrogens (tertiary/aromatic N) is 1. The molecule has 0 saturated carbocycles. The number of phenolic OH excluding ortho intramolecular Hbond substituents is 1. The van der Waals surface area contributed by atoms with Gasteiger partial charge < -0.3 is 10.4 Å². The summed E-state index contributed by atoms with van der Waals surface area (Å²) in [6.07, 6.45) is 0. The number of carbonyl (C=O) groups excluding carboxylic acids is 1. The number of aromatic hydroxyl groups is 1.